The van der Waals surface area contributed by atoms with Crippen LogP contribution in [0.25, 0.3) is 0 Å². The molecule has 284 valence electrons. The van der Waals surface area contributed by atoms with E-state index in [9.17, 15) is 39.0 Å². The quantitative estimate of drug-likeness (QED) is 0.0806. The third kappa shape index (κ3) is 13.4. The maximum atomic E-state index is 13.9. The summed E-state index contributed by atoms with van der Waals surface area (Å²) in [5.74, 6) is -4.77. The SMILES string of the molecule is CC(C)C[C@H](NC(=O)[C@H](Cc1ccc(O)cc1)NC(=O)[C@@H]1C/C=C/C[C@H](N)C(=O)N[C@H](Cc2c[nH]cn2)C(=O)N[C@@H](CCCCN)C(=O)N1)C(=O)O. The second-order valence-corrected chi connectivity index (χ2v) is 13.2. The molecule has 52 heavy (non-hydrogen) atoms. The van der Waals surface area contributed by atoms with Crippen LogP contribution in [0.15, 0.2) is 48.9 Å². The number of nitrogens with one attached hydrogen (secondary N) is 6. The van der Waals surface area contributed by atoms with Crippen molar-refractivity contribution in [3.63, 3.8) is 0 Å². The topological polar surface area (TPSA) is 284 Å². The summed E-state index contributed by atoms with van der Waals surface area (Å²) < 4.78 is 0. The normalized spacial score (nSPS) is 21.8. The minimum absolute atomic E-state index is 0.0101. The number of hydrogen-bond acceptors (Lipinski definition) is 10. The first-order valence-corrected chi connectivity index (χ1v) is 17.4. The fourth-order valence-electron chi connectivity index (χ4n) is 5.53. The Morgan fingerprint density at radius 1 is 0.923 bits per heavy atom. The summed E-state index contributed by atoms with van der Waals surface area (Å²) in [5.41, 5.74) is 12.8. The molecule has 6 atom stereocenters. The highest BCUT2D eigenvalue weighted by Gasteiger charge is 2.33. The van der Waals surface area contributed by atoms with Gasteiger partial charge in [0.05, 0.1) is 18.1 Å². The molecular weight excluding hydrogens is 674 g/mol. The Bertz CT molecular complexity index is 1530. The van der Waals surface area contributed by atoms with Crippen LogP contribution < -0.4 is 38.1 Å². The van der Waals surface area contributed by atoms with Crippen LogP contribution in [-0.4, -0.2) is 98.5 Å². The molecule has 2 aromatic rings. The van der Waals surface area contributed by atoms with Gasteiger partial charge in [0.25, 0.3) is 0 Å². The van der Waals surface area contributed by atoms with Gasteiger partial charge in [-0.15, -0.1) is 0 Å². The van der Waals surface area contributed by atoms with Gasteiger partial charge < -0.3 is 53.2 Å². The van der Waals surface area contributed by atoms with Gasteiger partial charge >= 0.3 is 5.97 Å². The van der Waals surface area contributed by atoms with Gasteiger partial charge in [-0.05, 0) is 68.7 Å². The Labute approximate surface area is 302 Å². The predicted octanol–water partition coefficient (Wildman–Crippen LogP) is -0.738. The maximum Gasteiger partial charge on any atom is 0.326 e. The summed E-state index contributed by atoms with van der Waals surface area (Å²) in [7, 11) is 0. The number of aliphatic carboxylic acids is 1. The number of rotatable bonds is 15. The Balaban J connectivity index is 1.92. The number of unbranched alkanes of at least 4 members (excludes halogenated alkanes) is 1. The lowest BCUT2D eigenvalue weighted by Gasteiger charge is -2.27. The van der Waals surface area contributed by atoms with E-state index in [0.717, 1.165) is 0 Å². The number of H-pyrrole nitrogens is 1. The number of carbonyl (C=O) groups excluding carboxylic acids is 5. The van der Waals surface area contributed by atoms with E-state index in [4.69, 9.17) is 11.5 Å². The number of hydrogen-bond donors (Lipinski definition) is 10. The average molecular weight is 726 g/mol. The first-order chi connectivity index (χ1) is 24.8. The van der Waals surface area contributed by atoms with E-state index in [1.807, 2.05) is 13.8 Å². The van der Waals surface area contributed by atoms with Crippen molar-refractivity contribution >= 4 is 35.5 Å². The Kier molecular flexibility index (Phi) is 16.2. The number of aromatic nitrogens is 2. The van der Waals surface area contributed by atoms with E-state index >= 15 is 0 Å². The molecule has 5 amide bonds. The zero-order valence-electron chi connectivity index (χ0n) is 29.5. The van der Waals surface area contributed by atoms with Gasteiger partial charge in [0.15, 0.2) is 0 Å². The largest absolute Gasteiger partial charge is 0.508 e. The van der Waals surface area contributed by atoms with Crippen LogP contribution in [0, 0.1) is 5.92 Å². The summed E-state index contributed by atoms with van der Waals surface area (Å²) in [6.07, 6.45) is 7.39. The second-order valence-electron chi connectivity index (χ2n) is 13.2. The Morgan fingerprint density at radius 3 is 2.23 bits per heavy atom. The first-order valence-electron chi connectivity index (χ1n) is 17.4. The molecule has 1 aliphatic heterocycles. The molecule has 3 rings (SSSR count). The van der Waals surface area contributed by atoms with Crippen LogP contribution >= 0.6 is 0 Å². The molecule has 1 aliphatic rings. The van der Waals surface area contributed by atoms with Crippen molar-refractivity contribution in [1.29, 1.82) is 0 Å². The van der Waals surface area contributed by atoms with Crippen molar-refractivity contribution < 1.29 is 39.0 Å². The number of carboxylic acid groups (broad SMARTS) is 1. The number of aromatic hydroxyl groups is 1. The van der Waals surface area contributed by atoms with Gasteiger partial charge in [-0.1, -0.05) is 38.1 Å². The van der Waals surface area contributed by atoms with Crippen LogP contribution in [-0.2, 0) is 41.6 Å². The maximum absolute atomic E-state index is 13.9. The van der Waals surface area contributed by atoms with Gasteiger partial charge in [-0.2, -0.15) is 0 Å². The average Bonchev–Trinajstić information content (AvgIpc) is 3.61. The van der Waals surface area contributed by atoms with E-state index in [1.54, 1.807) is 30.5 Å². The number of imidazole rings is 1. The third-order valence-corrected chi connectivity index (χ3v) is 8.41. The molecule has 0 radical (unpaired) electrons. The molecule has 0 fully saturated rings. The van der Waals surface area contributed by atoms with Gasteiger partial charge in [-0.25, -0.2) is 9.78 Å². The number of phenols is 1. The van der Waals surface area contributed by atoms with Crippen molar-refractivity contribution in [3.8, 4) is 5.75 Å². The zero-order valence-corrected chi connectivity index (χ0v) is 29.5. The van der Waals surface area contributed by atoms with Crippen molar-refractivity contribution in [1.82, 2.24) is 36.6 Å². The molecule has 0 unspecified atom stereocenters. The first kappa shape index (κ1) is 41.1. The number of benzene rings is 1. The molecule has 12 N–H and O–H groups in total. The molecular formula is C35H51N9O8. The summed E-state index contributed by atoms with van der Waals surface area (Å²) in [6.45, 7) is 3.97. The van der Waals surface area contributed by atoms with Crippen LogP contribution in [0.2, 0.25) is 0 Å². The fraction of sp³-hybridized carbons (Fsp3) is 0.514. The molecule has 2 heterocycles. The van der Waals surface area contributed by atoms with Crippen LogP contribution in [0.1, 0.15) is 63.6 Å². The molecule has 0 aliphatic carbocycles. The van der Waals surface area contributed by atoms with E-state index in [1.165, 1.54) is 18.5 Å². The van der Waals surface area contributed by atoms with Crippen molar-refractivity contribution in [2.24, 2.45) is 17.4 Å². The van der Waals surface area contributed by atoms with E-state index in [2.05, 4.69) is 36.6 Å². The molecule has 0 saturated heterocycles. The second kappa shape index (κ2) is 20.5. The number of nitrogens with two attached hydrogens (primary N) is 2. The Hall–Kier alpha value is -5.29. The molecule has 17 heteroatoms. The summed E-state index contributed by atoms with van der Waals surface area (Å²) in [5, 5.41) is 32.8. The van der Waals surface area contributed by atoms with Gasteiger partial charge in [0.2, 0.25) is 29.5 Å². The number of phenolic OH excluding ortho intramolecular Hbond substituents is 1. The number of carboxylic acids is 1. The highest BCUT2D eigenvalue weighted by atomic mass is 16.4. The van der Waals surface area contributed by atoms with Gasteiger partial charge in [-0.3, -0.25) is 24.0 Å². The van der Waals surface area contributed by atoms with Gasteiger partial charge in [0, 0.05) is 19.0 Å². The minimum Gasteiger partial charge on any atom is -0.508 e. The minimum atomic E-state index is -1.28. The lowest BCUT2D eigenvalue weighted by molar-refractivity contribution is -0.142. The molecule has 0 bridgehead atoms. The lowest BCUT2D eigenvalue weighted by atomic mass is 10.0. The van der Waals surface area contributed by atoms with Crippen molar-refractivity contribution in [3.05, 3.63) is 60.2 Å². The van der Waals surface area contributed by atoms with Crippen molar-refractivity contribution in [2.75, 3.05) is 6.54 Å². The van der Waals surface area contributed by atoms with Crippen LogP contribution in [0.3, 0.4) is 0 Å². The van der Waals surface area contributed by atoms with E-state index < -0.39 is 71.8 Å². The Morgan fingerprint density at radius 2 is 1.60 bits per heavy atom. The smallest absolute Gasteiger partial charge is 0.326 e. The number of carbonyl (C=O) groups is 6. The lowest BCUT2D eigenvalue weighted by Crippen LogP contribution is -2.59. The van der Waals surface area contributed by atoms with Crippen LogP contribution in [0.5, 0.6) is 5.75 Å². The summed E-state index contributed by atoms with van der Waals surface area (Å²) in [4.78, 5) is 86.7. The number of nitrogens with zero attached hydrogens (tertiary/aromatic N) is 1. The summed E-state index contributed by atoms with van der Waals surface area (Å²) in [6, 6.07) is -1.10. The van der Waals surface area contributed by atoms with Crippen LogP contribution in [0.4, 0.5) is 0 Å². The summed E-state index contributed by atoms with van der Waals surface area (Å²) >= 11 is 0. The molecule has 1 aromatic heterocycles. The predicted molar refractivity (Wildman–Crippen MR) is 190 cm³/mol. The third-order valence-electron chi connectivity index (χ3n) is 8.41. The van der Waals surface area contributed by atoms with Crippen molar-refractivity contribution in [2.45, 2.75) is 101 Å². The monoisotopic (exact) mass is 725 g/mol. The standard InChI is InChI=1S/C35H51N9O8/c1-20(2)15-29(35(51)52)44-33(49)27(16-21-10-12-23(45)13-11-21)43-32(48)25-8-4-3-7-24(37)30(46)42-28(17-22-18-38-19-39-22)34(50)41-26(31(47)40-25)9-5-6-14-36/h3-4,10-13,18-20,24-29,45H,5-9,14-17,36-37H2,1-2H3,(H,38,39)(H,40,47)(H,41,50)(H,42,46)(H,43,48)(H,44,49)(H,51,52)/b4-3+/t24-,25-,26-,27-,28+,29-/m0/s1. The molecule has 17 nitrogen and oxygen atoms in total. The zero-order chi connectivity index (χ0) is 38.2. The molecule has 0 saturated carbocycles. The number of amides is 5. The van der Waals surface area contributed by atoms with Gasteiger partial charge in [0.1, 0.15) is 36.0 Å². The van der Waals surface area contributed by atoms with E-state index in [0.29, 0.717) is 30.6 Å². The highest BCUT2D eigenvalue weighted by Crippen LogP contribution is 2.14. The van der Waals surface area contributed by atoms with E-state index in [-0.39, 0.29) is 50.2 Å². The molecule has 1 aromatic carbocycles. The number of aromatic amines is 1. The highest BCUT2D eigenvalue weighted by molar-refractivity contribution is 5.96. The molecule has 0 spiro atoms. The fourth-order valence-corrected chi connectivity index (χ4v) is 5.53.